The number of halogens is 1. The Morgan fingerprint density at radius 2 is 2.05 bits per heavy atom. The molecule has 0 saturated carbocycles. The Kier molecular flexibility index (Phi) is 4.98. The molecule has 1 fully saturated rings. The van der Waals surface area contributed by atoms with Crippen LogP contribution < -0.4 is 11.1 Å². The molecule has 2 aromatic rings. The number of para-hydroxylation sites is 1. The van der Waals surface area contributed by atoms with Crippen molar-refractivity contribution in [2.24, 2.45) is 0 Å². The van der Waals surface area contributed by atoms with Crippen LogP contribution in [0.3, 0.4) is 0 Å². The number of rotatable bonds is 2. The molecule has 1 unspecified atom stereocenters. The summed E-state index contributed by atoms with van der Waals surface area (Å²) in [5.74, 6) is 0.823. The SMILES string of the molecule is Cl.Nc1nc(-c2ccccc2O)cc(C2CCCNC2)n1. The third-order valence-electron chi connectivity index (χ3n) is 3.66. The van der Waals surface area contributed by atoms with E-state index in [0.717, 1.165) is 31.6 Å². The molecule has 0 aliphatic carbocycles. The molecule has 2 heterocycles. The van der Waals surface area contributed by atoms with Gasteiger partial charge in [-0.25, -0.2) is 9.97 Å². The van der Waals surface area contributed by atoms with Gasteiger partial charge in [-0.15, -0.1) is 12.4 Å². The summed E-state index contributed by atoms with van der Waals surface area (Å²) >= 11 is 0. The molecule has 0 bridgehead atoms. The van der Waals surface area contributed by atoms with Gasteiger partial charge in [-0.1, -0.05) is 12.1 Å². The van der Waals surface area contributed by atoms with Crippen LogP contribution in [0.25, 0.3) is 11.3 Å². The molecule has 1 aromatic heterocycles. The van der Waals surface area contributed by atoms with Crippen LogP contribution in [0.2, 0.25) is 0 Å². The Balaban J connectivity index is 0.00000161. The molecular weight excluding hydrogens is 288 g/mol. The largest absolute Gasteiger partial charge is 0.507 e. The van der Waals surface area contributed by atoms with Gasteiger partial charge < -0.3 is 16.2 Å². The van der Waals surface area contributed by atoms with E-state index in [1.165, 1.54) is 0 Å². The van der Waals surface area contributed by atoms with E-state index in [2.05, 4.69) is 15.3 Å². The number of nitrogen functional groups attached to an aromatic ring is 1. The van der Waals surface area contributed by atoms with Crippen molar-refractivity contribution in [3.8, 4) is 17.0 Å². The number of phenols is 1. The zero-order chi connectivity index (χ0) is 13.9. The molecule has 0 spiro atoms. The molecule has 3 rings (SSSR count). The molecule has 1 atom stereocenters. The van der Waals surface area contributed by atoms with E-state index in [0.29, 0.717) is 17.2 Å². The van der Waals surface area contributed by atoms with Crippen LogP contribution in [0.1, 0.15) is 24.5 Å². The van der Waals surface area contributed by atoms with E-state index in [1.807, 2.05) is 18.2 Å². The minimum atomic E-state index is 0. The molecule has 0 radical (unpaired) electrons. The van der Waals surface area contributed by atoms with E-state index in [1.54, 1.807) is 12.1 Å². The summed E-state index contributed by atoms with van der Waals surface area (Å²) in [4.78, 5) is 8.60. The number of nitrogens with two attached hydrogens (primary N) is 1. The van der Waals surface area contributed by atoms with Gasteiger partial charge in [-0.3, -0.25) is 0 Å². The van der Waals surface area contributed by atoms with Gasteiger partial charge in [0.05, 0.1) is 11.4 Å². The van der Waals surface area contributed by atoms with Crippen LogP contribution in [0, 0.1) is 0 Å². The fourth-order valence-electron chi connectivity index (χ4n) is 2.63. The highest BCUT2D eigenvalue weighted by Gasteiger charge is 2.18. The van der Waals surface area contributed by atoms with Gasteiger partial charge in [0.1, 0.15) is 5.75 Å². The highest BCUT2D eigenvalue weighted by Crippen LogP contribution is 2.30. The fraction of sp³-hybridized carbons (Fsp3) is 0.333. The van der Waals surface area contributed by atoms with Gasteiger partial charge in [-0.2, -0.15) is 0 Å². The van der Waals surface area contributed by atoms with Crippen LogP contribution >= 0.6 is 12.4 Å². The van der Waals surface area contributed by atoms with Crippen LogP contribution in [-0.4, -0.2) is 28.2 Å². The quantitative estimate of drug-likeness (QED) is 0.793. The maximum atomic E-state index is 9.94. The zero-order valence-corrected chi connectivity index (χ0v) is 12.4. The van der Waals surface area contributed by atoms with Gasteiger partial charge in [0.25, 0.3) is 0 Å². The molecule has 21 heavy (non-hydrogen) atoms. The van der Waals surface area contributed by atoms with Crippen LogP contribution in [0.15, 0.2) is 30.3 Å². The van der Waals surface area contributed by atoms with E-state index >= 15 is 0 Å². The number of hydrogen-bond donors (Lipinski definition) is 3. The summed E-state index contributed by atoms with van der Waals surface area (Å²) in [5.41, 5.74) is 8.14. The molecule has 5 nitrogen and oxygen atoms in total. The summed E-state index contributed by atoms with van der Waals surface area (Å²) in [6.07, 6.45) is 2.24. The first-order chi connectivity index (χ1) is 9.74. The molecule has 112 valence electrons. The van der Waals surface area contributed by atoms with Crippen molar-refractivity contribution < 1.29 is 5.11 Å². The highest BCUT2D eigenvalue weighted by molar-refractivity contribution is 5.85. The number of piperidine rings is 1. The van der Waals surface area contributed by atoms with Crippen LogP contribution in [-0.2, 0) is 0 Å². The van der Waals surface area contributed by atoms with Gasteiger partial charge in [0.15, 0.2) is 0 Å². The minimum Gasteiger partial charge on any atom is -0.507 e. The van der Waals surface area contributed by atoms with E-state index in [4.69, 9.17) is 5.73 Å². The first-order valence-corrected chi connectivity index (χ1v) is 6.87. The van der Waals surface area contributed by atoms with Crippen molar-refractivity contribution in [3.63, 3.8) is 0 Å². The summed E-state index contributed by atoms with van der Waals surface area (Å²) in [6.45, 7) is 1.97. The summed E-state index contributed by atoms with van der Waals surface area (Å²) in [7, 11) is 0. The molecule has 1 saturated heterocycles. The maximum Gasteiger partial charge on any atom is 0.220 e. The number of aromatic nitrogens is 2. The van der Waals surface area contributed by atoms with Crippen molar-refractivity contribution >= 4 is 18.4 Å². The standard InChI is InChI=1S/C15H18N4O.ClH/c16-15-18-12(10-4-3-7-17-9-10)8-13(19-15)11-5-1-2-6-14(11)20;/h1-2,5-6,8,10,17,20H,3-4,7,9H2,(H2,16,18,19);1H. The van der Waals surface area contributed by atoms with E-state index in [9.17, 15) is 5.11 Å². The Hall–Kier alpha value is -1.85. The molecule has 1 aliphatic heterocycles. The van der Waals surface area contributed by atoms with Crippen molar-refractivity contribution in [1.82, 2.24) is 15.3 Å². The van der Waals surface area contributed by atoms with Crippen molar-refractivity contribution in [2.75, 3.05) is 18.8 Å². The third kappa shape index (κ3) is 3.43. The Labute approximate surface area is 130 Å². The average molecular weight is 307 g/mol. The second-order valence-electron chi connectivity index (χ2n) is 5.10. The van der Waals surface area contributed by atoms with Crippen LogP contribution in [0.5, 0.6) is 5.75 Å². The molecule has 1 aliphatic rings. The molecule has 0 amide bonds. The number of anilines is 1. The smallest absolute Gasteiger partial charge is 0.220 e. The van der Waals surface area contributed by atoms with Gasteiger partial charge >= 0.3 is 0 Å². The molecule has 6 heteroatoms. The summed E-state index contributed by atoms with van der Waals surface area (Å²) in [6, 6.07) is 9.07. The predicted octanol–water partition coefficient (Wildman–Crippen LogP) is 2.32. The summed E-state index contributed by atoms with van der Waals surface area (Å²) in [5, 5.41) is 13.3. The number of phenolic OH excluding ortho intramolecular Hbond substituents is 1. The van der Waals surface area contributed by atoms with E-state index in [-0.39, 0.29) is 24.1 Å². The maximum absolute atomic E-state index is 9.94. The lowest BCUT2D eigenvalue weighted by Crippen LogP contribution is -2.29. The predicted molar refractivity (Wildman–Crippen MR) is 85.6 cm³/mol. The zero-order valence-electron chi connectivity index (χ0n) is 11.6. The first-order valence-electron chi connectivity index (χ1n) is 6.87. The number of aromatic hydroxyl groups is 1. The average Bonchev–Trinajstić information content (AvgIpc) is 2.48. The molecule has 1 aromatic carbocycles. The Bertz CT molecular complexity index is 614. The number of nitrogens with zero attached hydrogens (tertiary/aromatic N) is 2. The second kappa shape index (κ2) is 6.74. The van der Waals surface area contributed by atoms with Crippen molar-refractivity contribution in [1.29, 1.82) is 0 Å². The monoisotopic (exact) mass is 306 g/mol. The lowest BCUT2D eigenvalue weighted by molar-refractivity contribution is 0.454. The summed E-state index contributed by atoms with van der Waals surface area (Å²) < 4.78 is 0. The number of hydrogen-bond acceptors (Lipinski definition) is 5. The van der Waals surface area contributed by atoms with Gasteiger partial charge in [0.2, 0.25) is 5.95 Å². The Morgan fingerprint density at radius 1 is 1.24 bits per heavy atom. The molecular formula is C15H19ClN4O. The first kappa shape index (κ1) is 15.5. The normalized spacial score (nSPS) is 18.0. The number of benzene rings is 1. The third-order valence-corrected chi connectivity index (χ3v) is 3.66. The van der Waals surface area contributed by atoms with Crippen LogP contribution in [0.4, 0.5) is 5.95 Å². The fourth-order valence-corrected chi connectivity index (χ4v) is 2.63. The van der Waals surface area contributed by atoms with E-state index < -0.39 is 0 Å². The van der Waals surface area contributed by atoms with Gasteiger partial charge in [0, 0.05) is 18.0 Å². The lowest BCUT2D eigenvalue weighted by Gasteiger charge is -2.22. The topological polar surface area (TPSA) is 84.1 Å². The Morgan fingerprint density at radius 3 is 2.76 bits per heavy atom. The lowest BCUT2D eigenvalue weighted by atomic mass is 9.95. The van der Waals surface area contributed by atoms with Crippen molar-refractivity contribution in [3.05, 3.63) is 36.0 Å². The van der Waals surface area contributed by atoms with Gasteiger partial charge in [-0.05, 0) is 37.6 Å². The second-order valence-corrected chi connectivity index (χ2v) is 5.10. The minimum absolute atomic E-state index is 0. The molecule has 4 N–H and O–H groups in total. The number of nitrogens with one attached hydrogen (secondary N) is 1. The highest BCUT2D eigenvalue weighted by atomic mass is 35.5. The van der Waals surface area contributed by atoms with Crippen molar-refractivity contribution in [2.45, 2.75) is 18.8 Å².